The van der Waals surface area contributed by atoms with Gasteiger partial charge in [-0.1, -0.05) is 18.2 Å². The Balaban J connectivity index is 1.55. The number of amides is 2. The van der Waals surface area contributed by atoms with Gasteiger partial charge in [0.2, 0.25) is 5.91 Å². The molecule has 0 bridgehead atoms. The van der Waals surface area contributed by atoms with Gasteiger partial charge in [-0.25, -0.2) is 0 Å². The lowest BCUT2D eigenvalue weighted by Gasteiger charge is -2.27. The van der Waals surface area contributed by atoms with Crippen molar-refractivity contribution in [3.8, 4) is 0 Å². The Morgan fingerprint density at radius 1 is 1.36 bits per heavy atom. The lowest BCUT2D eigenvalue weighted by molar-refractivity contribution is -0.147. The van der Waals surface area contributed by atoms with Crippen LogP contribution in [0.15, 0.2) is 30.3 Å². The highest BCUT2D eigenvalue weighted by Crippen LogP contribution is 2.24. The van der Waals surface area contributed by atoms with Gasteiger partial charge in [0.15, 0.2) is 0 Å². The summed E-state index contributed by atoms with van der Waals surface area (Å²) in [6.07, 6.45) is 2.16. The van der Waals surface area contributed by atoms with E-state index < -0.39 is 12.1 Å². The van der Waals surface area contributed by atoms with Crippen LogP contribution in [0.2, 0.25) is 0 Å². The molecule has 2 aliphatic heterocycles. The number of rotatable bonds is 6. The van der Waals surface area contributed by atoms with Gasteiger partial charge in [-0.05, 0) is 38.3 Å². The number of para-hydroxylation sites is 1. The molecule has 0 unspecified atom stereocenters. The molecule has 2 amide bonds. The number of carbonyl (C=O) groups excluding carboxylic acids is 2. The first-order chi connectivity index (χ1) is 12.1. The molecule has 3 rings (SSSR count). The van der Waals surface area contributed by atoms with Gasteiger partial charge in [-0.15, -0.1) is 0 Å². The third kappa shape index (κ3) is 4.02. The molecule has 0 spiro atoms. The third-order valence-electron chi connectivity index (χ3n) is 4.96. The molecule has 2 aliphatic rings. The van der Waals surface area contributed by atoms with E-state index >= 15 is 0 Å². The first-order valence-electron chi connectivity index (χ1n) is 8.94. The maximum absolute atomic E-state index is 12.7. The largest absolute Gasteiger partial charge is 0.376 e. The fraction of sp³-hybridized carbons (Fsp3) is 0.579. The van der Waals surface area contributed by atoms with Gasteiger partial charge in [-0.2, -0.15) is 0 Å². The smallest absolute Gasteiger partial charge is 0.251 e. The minimum Gasteiger partial charge on any atom is -0.376 e. The summed E-state index contributed by atoms with van der Waals surface area (Å²) in [5.41, 5.74) is 0.874. The topological polar surface area (TPSA) is 59.1 Å². The molecule has 0 aromatic heterocycles. The van der Waals surface area contributed by atoms with Crippen LogP contribution >= 0.6 is 0 Å². The normalized spacial score (nSPS) is 24.6. The molecule has 6 nitrogen and oxygen atoms in total. The molecule has 0 saturated carbocycles. The van der Waals surface area contributed by atoms with Gasteiger partial charge in [0.25, 0.3) is 5.91 Å². The van der Waals surface area contributed by atoms with Crippen molar-refractivity contribution in [1.82, 2.24) is 4.90 Å². The number of nitrogens with zero attached hydrogens (tertiary/aromatic N) is 2. The molecule has 1 aromatic rings. The van der Waals surface area contributed by atoms with Crippen LogP contribution in [0.25, 0.3) is 0 Å². The lowest BCUT2D eigenvalue weighted by atomic mass is 10.2. The molecule has 2 saturated heterocycles. The minimum atomic E-state index is -0.576. The number of ether oxygens (including phenoxy) is 2. The van der Waals surface area contributed by atoms with Gasteiger partial charge in [0.1, 0.15) is 12.1 Å². The van der Waals surface area contributed by atoms with Crippen molar-refractivity contribution in [2.24, 2.45) is 0 Å². The SMILES string of the molecule is C[C@H](OC[C@@H]1CCCO1)C(=O)N(C)[C@H]1CCN(c2ccccc2)C1=O. The summed E-state index contributed by atoms with van der Waals surface area (Å²) >= 11 is 0. The van der Waals surface area contributed by atoms with E-state index in [1.54, 1.807) is 18.9 Å². The van der Waals surface area contributed by atoms with E-state index in [1.807, 2.05) is 30.3 Å². The number of anilines is 1. The first-order valence-corrected chi connectivity index (χ1v) is 8.94. The second kappa shape index (κ2) is 7.97. The second-order valence-electron chi connectivity index (χ2n) is 6.69. The van der Waals surface area contributed by atoms with Crippen molar-refractivity contribution in [2.45, 2.75) is 44.4 Å². The molecule has 2 heterocycles. The van der Waals surface area contributed by atoms with E-state index in [0.29, 0.717) is 19.6 Å². The van der Waals surface area contributed by atoms with E-state index in [0.717, 1.165) is 25.1 Å². The van der Waals surface area contributed by atoms with Crippen LogP contribution in [0.3, 0.4) is 0 Å². The van der Waals surface area contributed by atoms with Crippen molar-refractivity contribution < 1.29 is 19.1 Å². The zero-order valence-corrected chi connectivity index (χ0v) is 14.9. The van der Waals surface area contributed by atoms with Crippen LogP contribution in [0.1, 0.15) is 26.2 Å². The van der Waals surface area contributed by atoms with E-state index in [4.69, 9.17) is 9.47 Å². The van der Waals surface area contributed by atoms with E-state index in [2.05, 4.69) is 0 Å². The van der Waals surface area contributed by atoms with Crippen molar-refractivity contribution in [3.05, 3.63) is 30.3 Å². The van der Waals surface area contributed by atoms with Crippen LogP contribution in [0.5, 0.6) is 0 Å². The van der Waals surface area contributed by atoms with Gasteiger partial charge in [0, 0.05) is 25.9 Å². The average Bonchev–Trinajstić information content (AvgIpc) is 3.28. The number of likely N-dealkylation sites (N-methyl/N-ethyl adjacent to an activating group) is 1. The highest BCUT2D eigenvalue weighted by atomic mass is 16.5. The molecule has 0 radical (unpaired) electrons. The quantitative estimate of drug-likeness (QED) is 0.789. The average molecular weight is 346 g/mol. The van der Waals surface area contributed by atoms with E-state index in [1.165, 1.54) is 4.90 Å². The summed E-state index contributed by atoms with van der Waals surface area (Å²) in [5.74, 6) is -0.195. The van der Waals surface area contributed by atoms with E-state index in [9.17, 15) is 9.59 Å². The summed E-state index contributed by atoms with van der Waals surface area (Å²) in [6.45, 7) is 3.55. The van der Waals surface area contributed by atoms with Gasteiger partial charge in [-0.3, -0.25) is 9.59 Å². The second-order valence-corrected chi connectivity index (χ2v) is 6.69. The van der Waals surface area contributed by atoms with Gasteiger partial charge >= 0.3 is 0 Å². The fourth-order valence-corrected chi connectivity index (χ4v) is 3.43. The maximum atomic E-state index is 12.7. The molecule has 25 heavy (non-hydrogen) atoms. The highest BCUT2D eigenvalue weighted by Gasteiger charge is 2.38. The van der Waals surface area contributed by atoms with Gasteiger partial charge < -0.3 is 19.3 Å². The van der Waals surface area contributed by atoms with Gasteiger partial charge in [0.05, 0.1) is 12.7 Å². The van der Waals surface area contributed by atoms with Crippen molar-refractivity contribution in [1.29, 1.82) is 0 Å². The Hall–Kier alpha value is -1.92. The number of hydrogen-bond donors (Lipinski definition) is 0. The van der Waals surface area contributed by atoms with Crippen LogP contribution in [0.4, 0.5) is 5.69 Å². The number of carbonyl (C=O) groups is 2. The Morgan fingerprint density at radius 2 is 2.12 bits per heavy atom. The summed E-state index contributed by atoms with van der Waals surface area (Å²) in [7, 11) is 1.69. The summed E-state index contributed by atoms with van der Waals surface area (Å²) in [6, 6.07) is 9.13. The molecular weight excluding hydrogens is 320 g/mol. The van der Waals surface area contributed by atoms with Crippen LogP contribution in [-0.2, 0) is 19.1 Å². The molecule has 2 fully saturated rings. The zero-order valence-electron chi connectivity index (χ0n) is 14.9. The standard InChI is InChI=1S/C19H26N2O4/c1-14(25-13-16-9-6-12-24-16)18(22)20(2)17-10-11-21(19(17)23)15-7-4-3-5-8-15/h3-5,7-8,14,16-17H,6,9-13H2,1-2H3/t14-,16-,17-/m0/s1. The van der Waals surface area contributed by atoms with E-state index in [-0.39, 0.29) is 17.9 Å². The maximum Gasteiger partial charge on any atom is 0.251 e. The van der Waals surface area contributed by atoms with Crippen LogP contribution in [0, 0.1) is 0 Å². The highest BCUT2D eigenvalue weighted by molar-refractivity contribution is 6.01. The molecule has 1 aromatic carbocycles. The van der Waals surface area contributed by atoms with Crippen molar-refractivity contribution >= 4 is 17.5 Å². The summed E-state index contributed by atoms with van der Waals surface area (Å²) in [5, 5.41) is 0. The zero-order chi connectivity index (χ0) is 17.8. The molecule has 6 heteroatoms. The van der Waals surface area contributed by atoms with Crippen LogP contribution in [-0.4, -0.2) is 61.8 Å². The monoisotopic (exact) mass is 346 g/mol. The summed E-state index contributed by atoms with van der Waals surface area (Å²) in [4.78, 5) is 28.6. The predicted molar refractivity (Wildman–Crippen MR) is 94.4 cm³/mol. The predicted octanol–water partition coefficient (Wildman–Crippen LogP) is 1.83. The molecular formula is C19H26N2O4. The molecule has 0 N–H and O–H groups in total. The van der Waals surface area contributed by atoms with Crippen LogP contribution < -0.4 is 4.90 Å². The molecule has 3 atom stereocenters. The Labute approximate surface area is 148 Å². The van der Waals surface area contributed by atoms with Crippen molar-refractivity contribution in [3.63, 3.8) is 0 Å². The lowest BCUT2D eigenvalue weighted by Crippen LogP contribution is -2.47. The first kappa shape index (κ1) is 17.9. The fourth-order valence-electron chi connectivity index (χ4n) is 3.43. The third-order valence-corrected chi connectivity index (χ3v) is 4.96. The molecule has 0 aliphatic carbocycles. The number of hydrogen-bond acceptors (Lipinski definition) is 4. The minimum absolute atomic E-state index is 0.0339. The van der Waals surface area contributed by atoms with Crippen molar-refractivity contribution in [2.75, 3.05) is 31.7 Å². The number of benzene rings is 1. The Morgan fingerprint density at radius 3 is 2.80 bits per heavy atom. The Bertz CT molecular complexity index is 601. The molecule has 136 valence electrons. The summed E-state index contributed by atoms with van der Waals surface area (Å²) < 4.78 is 11.2. The Kier molecular flexibility index (Phi) is 5.71.